The quantitative estimate of drug-likeness (QED) is 0.720. The van der Waals surface area contributed by atoms with Crippen molar-refractivity contribution >= 4 is 22.9 Å². The molecule has 0 aliphatic rings. The molecule has 1 aromatic heterocycles. The summed E-state index contributed by atoms with van der Waals surface area (Å²) in [6.45, 7) is 5.10. The fourth-order valence-corrected chi connectivity index (χ4v) is 3.66. The molecule has 0 aliphatic carbocycles. The SMILES string of the molecule is CCCNC(Cc1ccc(CC)s1)c1c(F)cccc1Cl. The molecule has 0 saturated carbocycles. The number of rotatable bonds is 7. The van der Waals surface area contributed by atoms with Crippen LogP contribution in [0, 0.1) is 5.82 Å². The fraction of sp³-hybridized carbons (Fsp3) is 0.412. The third-order valence-corrected chi connectivity index (χ3v) is 5.04. The summed E-state index contributed by atoms with van der Waals surface area (Å²) in [4.78, 5) is 2.62. The lowest BCUT2D eigenvalue weighted by atomic mass is 10.0. The highest BCUT2D eigenvalue weighted by Gasteiger charge is 2.19. The molecular weight excluding hydrogens is 305 g/mol. The van der Waals surface area contributed by atoms with Gasteiger partial charge in [0.15, 0.2) is 0 Å². The lowest BCUT2D eigenvalue weighted by Crippen LogP contribution is -2.25. The summed E-state index contributed by atoms with van der Waals surface area (Å²) in [5, 5.41) is 3.92. The van der Waals surface area contributed by atoms with E-state index in [1.54, 1.807) is 23.5 Å². The van der Waals surface area contributed by atoms with Crippen LogP contribution in [0.15, 0.2) is 30.3 Å². The summed E-state index contributed by atoms with van der Waals surface area (Å²) < 4.78 is 14.2. The zero-order valence-electron chi connectivity index (χ0n) is 12.5. The summed E-state index contributed by atoms with van der Waals surface area (Å²) in [7, 11) is 0. The molecule has 114 valence electrons. The second kappa shape index (κ2) is 7.92. The number of halogens is 2. The number of nitrogens with one attached hydrogen (secondary N) is 1. The highest BCUT2D eigenvalue weighted by Crippen LogP contribution is 2.30. The molecule has 0 bridgehead atoms. The Morgan fingerprint density at radius 2 is 1.95 bits per heavy atom. The standard InChI is InChI=1S/C17H21ClFNS/c1-3-10-20-16(11-13-9-8-12(4-2)21-13)17-14(18)6-5-7-15(17)19/h5-9,16,20H,3-4,10-11H2,1-2H3. The molecule has 1 heterocycles. The minimum absolute atomic E-state index is 0.0815. The minimum atomic E-state index is -0.233. The van der Waals surface area contributed by atoms with Crippen LogP contribution in [0.5, 0.6) is 0 Å². The summed E-state index contributed by atoms with van der Waals surface area (Å²) in [6.07, 6.45) is 2.82. The Morgan fingerprint density at radius 3 is 2.57 bits per heavy atom. The Hall–Kier alpha value is -0.900. The fourth-order valence-electron chi connectivity index (χ4n) is 2.36. The normalized spacial score (nSPS) is 12.6. The van der Waals surface area contributed by atoms with E-state index in [0.717, 1.165) is 25.8 Å². The number of hydrogen-bond acceptors (Lipinski definition) is 2. The van der Waals surface area contributed by atoms with E-state index in [0.29, 0.717) is 10.6 Å². The molecule has 0 radical (unpaired) electrons. The van der Waals surface area contributed by atoms with Crippen LogP contribution < -0.4 is 5.32 Å². The number of thiophene rings is 1. The predicted molar refractivity (Wildman–Crippen MR) is 89.8 cm³/mol. The maximum atomic E-state index is 14.2. The first-order valence-corrected chi connectivity index (χ1v) is 8.60. The van der Waals surface area contributed by atoms with E-state index in [-0.39, 0.29) is 11.9 Å². The Labute approximate surface area is 135 Å². The molecule has 0 spiro atoms. The molecule has 0 saturated heterocycles. The Kier molecular flexibility index (Phi) is 6.22. The van der Waals surface area contributed by atoms with Crippen LogP contribution in [-0.2, 0) is 12.8 Å². The van der Waals surface area contributed by atoms with E-state index in [1.165, 1.54) is 15.8 Å². The topological polar surface area (TPSA) is 12.0 Å². The van der Waals surface area contributed by atoms with Crippen molar-refractivity contribution in [3.63, 3.8) is 0 Å². The minimum Gasteiger partial charge on any atom is -0.309 e. The van der Waals surface area contributed by atoms with Gasteiger partial charge < -0.3 is 5.32 Å². The second-order valence-electron chi connectivity index (χ2n) is 5.07. The molecule has 1 N–H and O–H groups in total. The van der Waals surface area contributed by atoms with E-state index in [2.05, 4.69) is 31.3 Å². The molecule has 2 rings (SSSR count). The second-order valence-corrected chi connectivity index (χ2v) is 6.73. The van der Waals surface area contributed by atoms with Gasteiger partial charge in [-0.05, 0) is 43.7 Å². The Morgan fingerprint density at radius 1 is 1.19 bits per heavy atom. The zero-order valence-corrected chi connectivity index (χ0v) is 14.0. The van der Waals surface area contributed by atoms with Gasteiger partial charge in [0.2, 0.25) is 0 Å². The number of hydrogen-bond donors (Lipinski definition) is 1. The monoisotopic (exact) mass is 325 g/mol. The number of aryl methyl sites for hydroxylation is 1. The van der Waals surface area contributed by atoms with E-state index in [1.807, 2.05) is 0 Å². The van der Waals surface area contributed by atoms with Gasteiger partial charge in [-0.3, -0.25) is 0 Å². The molecular formula is C17H21ClFNS. The molecule has 1 atom stereocenters. The largest absolute Gasteiger partial charge is 0.309 e. The molecule has 21 heavy (non-hydrogen) atoms. The summed E-state index contributed by atoms with van der Waals surface area (Å²) in [5.74, 6) is -0.233. The number of benzene rings is 1. The van der Waals surface area contributed by atoms with Crippen LogP contribution in [0.2, 0.25) is 5.02 Å². The van der Waals surface area contributed by atoms with Crippen LogP contribution in [0.1, 0.15) is 41.6 Å². The van der Waals surface area contributed by atoms with E-state index < -0.39 is 0 Å². The van der Waals surface area contributed by atoms with Gasteiger partial charge in [0, 0.05) is 32.8 Å². The zero-order chi connectivity index (χ0) is 15.2. The molecule has 0 fully saturated rings. The molecule has 2 aromatic rings. The average Bonchev–Trinajstić information content (AvgIpc) is 2.92. The van der Waals surface area contributed by atoms with Crippen LogP contribution in [-0.4, -0.2) is 6.54 Å². The Bertz CT molecular complexity index is 562. The molecule has 4 heteroatoms. The van der Waals surface area contributed by atoms with Crippen molar-refractivity contribution in [2.24, 2.45) is 0 Å². The van der Waals surface area contributed by atoms with Crippen LogP contribution >= 0.6 is 22.9 Å². The summed E-state index contributed by atoms with van der Waals surface area (Å²) in [6, 6.07) is 9.10. The highest BCUT2D eigenvalue weighted by atomic mass is 35.5. The van der Waals surface area contributed by atoms with Crippen molar-refractivity contribution in [2.45, 2.75) is 39.2 Å². The van der Waals surface area contributed by atoms with E-state index in [4.69, 9.17) is 11.6 Å². The van der Waals surface area contributed by atoms with Crippen molar-refractivity contribution < 1.29 is 4.39 Å². The lowest BCUT2D eigenvalue weighted by Gasteiger charge is -2.20. The van der Waals surface area contributed by atoms with Gasteiger partial charge in [0.25, 0.3) is 0 Å². The smallest absolute Gasteiger partial charge is 0.129 e. The van der Waals surface area contributed by atoms with Gasteiger partial charge in [-0.15, -0.1) is 11.3 Å². The first-order chi connectivity index (χ1) is 10.2. The predicted octanol–water partition coefficient (Wildman–Crippen LogP) is 5.39. The molecule has 0 aliphatic heterocycles. The van der Waals surface area contributed by atoms with Gasteiger partial charge in [-0.1, -0.05) is 31.5 Å². The van der Waals surface area contributed by atoms with Crippen LogP contribution in [0.4, 0.5) is 4.39 Å². The van der Waals surface area contributed by atoms with Crippen molar-refractivity contribution in [1.29, 1.82) is 0 Å². The third-order valence-electron chi connectivity index (χ3n) is 3.46. The molecule has 1 unspecified atom stereocenters. The lowest BCUT2D eigenvalue weighted by molar-refractivity contribution is 0.499. The van der Waals surface area contributed by atoms with Crippen molar-refractivity contribution in [1.82, 2.24) is 5.32 Å². The molecule has 1 nitrogen and oxygen atoms in total. The summed E-state index contributed by atoms with van der Waals surface area (Å²) >= 11 is 8.02. The maximum Gasteiger partial charge on any atom is 0.129 e. The van der Waals surface area contributed by atoms with E-state index in [9.17, 15) is 4.39 Å². The van der Waals surface area contributed by atoms with Gasteiger partial charge in [-0.2, -0.15) is 0 Å². The van der Waals surface area contributed by atoms with E-state index >= 15 is 0 Å². The average molecular weight is 326 g/mol. The van der Waals surface area contributed by atoms with Crippen molar-refractivity contribution in [3.05, 3.63) is 56.5 Å². The van der Waals surface area contributed by atoms with Crippen molar-refractivity contribution in [2.75, 3.05) is 6.54 Å². The highest BCUT2D eigenvalue weighted by molar-refractivity contribution is 7.11. The van der Waals surface area contributed by atoms with Crippen LogP contribution in [0.3, 0.4) is 0 Å². The first-order valence-electron chi connectivity index (χ1n) is 7.40. The van der Waals surface area contributed by atoms with Crippen molar-refractivity contribution in [3.8, 4) is 0 Å². The first kappa shape index (κ1) is 16.5. The third kappa shape index (κ3) is 4.29. The molecule has 1 aromatic carbocycles. The maximum absolute atomic E-state index is 14.2. The summed E-state index contributed by atoms with van der Waals surface area (Å²) in [5.41, 5.74) is 0.582. The Balaban J connectivity index is 2.25. The van der Waals surface area contributed by atoms with Crippen LogP contribution in [0.25, 0.3) is 0 Å². The van der Waals surface area contributed by atoms with Gasteiger partial charge in [0.05, 0.1) is 0 Å². The van der Waals surface area contributed by atoms with Gasteiger partial charge in [0.1, 0.15) is 5.82 Å². The van der Waals surface area contributed by atoms with Gasteiger partial charge >= 0.3 is 0 Å². The van der Waals surface area contributed by atoms with Gasteiger partial charge in [-0.25, -0.2) is 4.39 Å². The molecule has 0 amide bonds.